The molecule has 1 aliphatic rings. The van der Waals surface area contributed by atoms with Gasteiger partial charge in [0, 0.05) is 0 Å². The van der Waals surface area contributed by atoms with Crippen LogP contribution in [0.15, 0.2) is 39.4 Å². The monoisotopic (exact) mass is 344 g/mol. The number of nitrogens with zero attached hydrogens (tertiary/aromatic N) is 4. The van der Waals surface area contributed by atoms with Gasteiger partial charge in [-0.25, -0.2) is 8.42 Å². The molecule has 0 unspecified atom stereocenters. The second-order valence-corrected chi connectivity index (χ2v) is 6.45. The van der Waals surface area contributed by atoms with Crippen molar-refractivity contribution < 1.29 is 18.7 Å². The maximum Gasteiger partial charge on any atom is 0.291 e. The molecule has 23 heavy (non-hydrogen) atoms. The molecule has 0 spiro atoms. The fraction of sp³-hybridized carbons (Fsp3) is 0.273. The van der Waals surface area contributed by atoms with Crippen molar-refractivity contribution in [2.45, 2.75) is 11.8 Å². The SMILES string of the molecule is Cc1ccc(S(=O)(=O)N2CC(=NN=C(N)N)C2)cc1.O=[N+]([O-])O. The Morgan fingerprint density at radius 2 is 1.78 bits per heavy atom. The Bertz CT molecular complexity index is 712. The third-order valence-electron chi connectivity index (χ3n) is 2.68. The third kappa shape index (κ3) is 5.52. The maximum atomic E-state index is 12.2. The Morgan fingerprint density at radius 3 is 2.22 bits per heavy atom. The lowest BCUT2D eigenvalue weighted by molar-refractivity contribution is -0.742. The fourth-order valence-corrected chi connectivity index (χ4v) is 3.00. The normalized spacial score (nSPS) is 14.0. The third-order valence-corrected chi connectivity index (χ3v) is 4.49. The minimum atomic E-state index is -3.45. The van der Waals surface area contributed by atoms with Crippen molar-refractivity contribution in [2.75, 3.05) is 13.1 Å². The lowest BCUT2D eigenvalue weighted by Gasteiger charge is -2.30. The maximum absolute atomic E-state index is 12.2. The van der Waals surface area contributed by atoms with Crippen molar-refractivity contribution >= 4 is 21.7 Å². The van der Waals surface area contributed by atoms with Crippen LogP contribution >= 0.6 is 0 Å². The number of hydrogen-bond donors (Lipinski definition) is 3. The van der Waals surface area contributed by atoms with Crippen molar-refractivity contribution in [3.8, 4) is 0 Å². The number of nitrogens with two attached hydrogens (primary N) is 2. The molecule has 0 saturated carbocycles. The molecule has 0 aromatic heterocycles. The first-order chi connectivity index (χ1) is 10.6. The lowest BCUT2D eigenvalue weighted by Crippen LogP contribution is -2.50. The number of hydrogen-bond acceptors (Lipinski definition) is 6. The number of rotatable bonds is 3. The van der Waals surface area contributed by atoms with Crippen LogP contribution < -0.4 is 11.5 Å². The van der Waals surface area contributed by atoms with Gasteiger partial charge in [0.05, 0.1) is 23.7 Å². The largest absolute Gasteiger partial charge is 0.369 e. The van der Waals surface area contributed by atoms with E-state index in [1.165, 1.54) is 4.31 Å². The average Bonchev–Trinajstić information content (AvgIpc) is 2.36. The summed E-state index contributed by atoms with van der Waals surface area (Å²) in [6, 6.07) is 6.72. The summed E-state index contributed by atoms with van der Waals surface area (Å²) >= 11 is 0. The molecule has 12 heteroatoms. The van der Waals surface area contributed by atoms with Crippen LogP contribution in [-0.2, 0) is 10.0 Å². The Balaban J connectivity index is 0.000000593. The number of benzene rings is 1. The predicted molar refractivity (Wildman–Crippen MR) is 82.0 cm³/mol. The first-order valence-corrected chi connectivity index (χ1v) is 7.61. The molecule has 2 rings (SSSR count). The molecule has 0 amide bonds. The van der Waals surface area contributed by atoms with Crippen LogP contribution in [0.25, 0.3) is 0 Å². The van der Waals surface area contributed by atoms with E-state index in [9.17, 15) is 8.42 Å². The van der Waals surface area contributed by atoms with Crippen molar-refractivity contribution in [1.82, 2.24) is 4.31 Å². The predicted octanol–water partition coefficient (Wildman–Crippen LogP) is -0.719. The molecule has 0 aliphatic carbocycles. The van der Waals surface area contributed by atoms with Crippen LogP contribution in [0.4, 0.5) is 0 Å². The van der Waals surface area contributed by atoms with E-state index in [0.717, 1.165) is 5.56 Å². The van der Waals surface area contributed by atoms with Crippen molar-refractivity contribution in [3.63, 3.8) is 0 Å². The van der Waals surface area contributed by atoms with Gasteiger partial charge in [0.15, 0.2) is 0 Å². The highest BCUT2D eigenvalue weighted by Crippen LogP contribution is 2.20. The van der Waals surface area contributed by atoms with Gasteiger partial charge in [-0.2, -0.15) is 9.41 Å². The summed E-state index contributed by atoms with van der Waals surface area (Å²) in [5.74, 6) is -0.146. The second-order valence-electron chi connectivity index (χ2n) is 4.52. The number of guanidine groups is 1. The molecule has 1 fully saturated rings. The highest BCUT2D eigenvalue weighted by Gasteiger charge is 2.34. The topological polar surface area (TPSA) is 178 Å². The molecule has 0 radical (unpaired) electrons. The zero-order valence-corrected chi connectivity index (χ0v) is 13.0. The minimum absolute atomic E-state index is 0.146. The first-order valence-electron chi connectivity index (χ1n) is 6.17. The zero-order chi connectivity index (χ0) is 17.6. The summed E-state index contributed by atoms with van der Waals surface area (Å²) in [5, 5.41) is 20.9. The smallest absolute Gasteiger partial charge is 0.291 e. The molecule has 0 atom stereocenters. The summed E-state index contributed by atoms with van der Waals surface area (Å²) < 4.78 is 25.7. The molecule has 1 heterocycles. The Morgan fingerprint density at radius 1 is 1.30 bits per heavy atom. The average molecular weight is 344 g/mol. The molecule has 1 aliphatic heterocycles. The van der Waals surface area contributed by atoms with E-state index in [2.05, 4.69) is 10.2 Å². The molecule has 1 aromatic rings. The molecule has 5 N–H and O–H groups in total. The van der Waals surface area contributed by atoms with Crippen molar-refractivity contribution in [3.05, 3.63) is 39.9 Å². The number of aryl methyl sites for hydroxylation is 1. The highest BCUT2D eigenvalue weighted by molar-refractivity contribution is 7.89. The van der Waals surface area contributed by atoms with E-state index in [1.807, 2.05) is 6.92 Å². The summed E-state index contributed by atoms with van der Waals surface area (Å²) in [7, 11) is -3.45. The van der Waals surface area contributed by atoms with Gasteiger partial charge in [0.2, 0.25) is 16.0 Å². The van der Waals surface area contributed by atoms with E-state index >= 15 is 0 Å². The van der Waals surface area contributed by atoms with Gasteiger partial charge < -0.3 is 16.7 Å². The second kappa shape index (κ2) is 7.51. The summed E-state index contributed by atoms with van der Waals surface area (Å²) in [6.07, 6.45) is 0. The van der Waals surface area contributed by atoms with Crippen molar-refractivity contribution in [2.24, 2.45) is 21.7 Å². The van der Waals surface area contributed by atoms with Gasteiger partial charge in [0.1, 0.15) is 0 Å². The molecule has 1 saturated heterocycles. The Hall–Kier alpha value is -2.73. The molecule has 0 bridgehead atoms. The van der Waals surface area contributed by atoms with Crippen LogP contribution in [0, 0.1) is 17.0 Å². The first kappa shape index (κ1) is 18.3. The van der Waals surface area contributed by atoms with Crippen LogP contribution in [0.2, 0.25) is 0 Å². The molecular weight excluding hydrogens is 328 g/mol. The van der Waals surface area contributed by atoms with Gasteiger partial charge in [-0.1, -0.05) is 17.7 Å². The van der Waals surface area contributed by atoms with Crippen LogP contribution in [0.5, 0.6) is 0 Å². The summed E-state index contributed by atoms with van der Waals surface area (Å²) in [4.78, 5) is 8.64. The summed E-state index contributed by atoms with van der Waals surface area (Å²) in [6.45, 7) is 2.33. The highest BCUT2D eigenvalue weighted by atomic mass is 32.2. The van der Waals surface area contributed by atoms with E-state index in [1.54, 1.807) is 24.3 Å². The van der Waals surface area contributed by atoms with E-state index in [-0.39, 0.29) is 23.9 Å². The van der Waals surface area contributed by atoms with Crippen LogP contribution in [0.1, 0.15) is 5.56 Å². The van der Waals surface area contributed by atoms with Crippen LogP contribution in [-0.4, -0.2) is 47.8 Å². The zero-order valence-electron chi connectivity index (χ0n) is 12.2. The molecule has 126 valence electrons. The van der Waals surface area contributed by atoms with Crippen LogP contribution in [0.3, 0.4) is 0 Å². The summed E-state index contributed by atoms with van der Waals surface area (Å²) in [5.41, 5.74) is 11.9. The number of sulfonamides is 1. The fourth-order valence-electron chi connectivity index (χ4n) is 1.58. The molecule has 1 aromatic carbocycles. The van der Waals surface area contributed by atoms with E-state index in [4.69, 9.17) is 26.8 Å². The molecular formula is C11H16N6O5S. The van der Waals surface area contributed by atoms with E-state index < -0.39 is 15.1 Å². The lowest BCUT2D eigenvalue weighted by atomic mass is 10.2. The Kier molecular flexibility index (Phi) is 5.98. The van der Waals surface area contributed by atoms with Gasteiger partial charge in [0.25, 0.3) is 5.09 Å². The molecule has 11 nitrogen and oxygen atoms in total. The van der Waals surface area contributed by atoms with Gasteiger partial charge in [-0.3, -0.25) is 0 Å². The van der Waals surface area contributed by atoms with Gasteiger partial charge in [-0.15, -0.1) is 15.2 Å². The van der Waals surface area contributed by atoms with E-state index in [0.29, 0.717) is 5.71 Å². The van der Waals surface area contributed by atoms with Crippen molar-refractivity contribution in [1.29, 1.82) is 0 Å². The van der Waals surface area contributed by atoms with Gasteiger partial charge in [-0.05, 0) is 19.1 Å². The quantitative estimate of drug-likeness (QED) is 0.280. The standard InChI is InChI=1S/C11H15N5O2S.HNO3/c1-8-2-4-10(5-3-8)19(17,18)16-6-9(7-16)14-15-11(12)13;2-1(3)4/h2-5H,6-7H2,1H3,(H4,12,13,15);(H,2,3,4). The minimum Gasteiger partial charge on any atom is -0.369 e. The Labute approximate surface area is 132 Å². The van der Waals surface area contributed by atoms with Gasteiger partial charge >= 0.3 is 0 Å².